The van der Waals surface area contributed by atoms with E-state index in [9.17, 15) is 9.90 Å². The van der Waals surface area contributed by atoms with Gasteiger partial charge in [0.25, 0.3) is 0 Å². The van der Waals surface area contributed by atoms with E-state index in [0.717, 1.165) is 38.5 Å². The van der Waals surface area contributed by atoms with Crippen molar-refractivity contribution in [2.45, 2.75) is 58.8 Å². The lowest BCUT2D eigenvalue weighted by atomic mass is 9.96. The second kappa shape index (κ2) is 9.20. The topological polar surface area (TPSA) is 37.0 Å². The van der Waals surface area contributed by atoms with Gasteiger partial charge in [0.2, 0.25) is 0 Å². The Kier molecular flexibility index (Phi) is 8.95. The van der Waals surface area contributed by atoms with E-state index in [1.54, 1.807) is 0 Å². The molecule has 0 fully saturated rings. The molecule has 2 nitrogen and oxygen atoms in total. The van der Waals surface area contributed by atoms with Crippen molar-refractivity contribution in [1.82, 2.24) is 0 Å². The zero-order valence-corrected chi connectivity index (χ0v) is 9.55. The summed E-state index contributed by atoms with van der Waals surface area (Å²) in [5.41, 5.74) is 0. The predicted molar refractivity (Wildman–Crippen MR) is 57.7 cm³/mol. The van der Waals surface area contributed by atoms with Gasteiger partial charge in [-0.1, -0.05) is 33.1 Å². The lowest BCUT2D eigenvalue weighted by molar-refractivity contribution is -0.122. The van der Waals surface area contributed by atoms with E-state index in [0.29, 0.717) is 12.2 Å². The Labute approximate surface area is 87.7 Å². The molecule has 0 aliphatic heterocycles. The van der Waals surface area contributed by atoms with E-state index < -0.39 is 0 Å². The van der Waals surface area contributed by atoms with Gasteiger partial charge in [0.05, 0.1) is 6.61 Å². The fourth-order valence-corrected chi connectivity index (χ4v) is 1.60. The van der Waals surface area contributed by atoms with Crippen LogP contribution >= 0.6 is 0 Å². The summed E-state index contributed by atoms with van der Waals surface area (Å²) >= 11 is 0. The number of Topliss-reactive ketones (excluding diaryl/α,β-unsaturated/α-hetero) is 1. The molecule has 1 atom stereocenters. The molecule has 0 spiro atoms. The van der Waals surface area contributed by atoms with Crippen LogP contribution in [0.15, 0.2) is 0 Å². The summed E-state index contributed by atoms with van der Waals surface area (Å²) < 4.78 is 0. The molecular formula is C12H23O2. The average molecular weight is 199 g/mol. The minimum atomic E-state index is 0.0280. The number of ketones is 1. The van der Waals surface area contributed by atoms with Crippen LogP contribution in [0.25, 0.3) is 0 Å². The molecule has 0 aliphatic rings. The van der Waals surface area contributed by atoms with Crippen LogP contribution in [0, 0.1) is 5.92 Å². The Morgan fingerprint density at radius 1 is 1.14 bits per heavy atom. The maximum atomic E-state index is 11.5. The molecule has 1 unspecified atom stereocenters. The fraction of sp³-hybridized carbons (Fsp3) is 0.917. The second-order valence-electron chi connectivity index (χ2n) is 4.02. The highest BCUT2D eigenvalue weighted by atomic mass is 16.2. The van der Waals surface area contributed by atoms with Crippen molar-refractivity contribution < 1.29 is 9.90 Å². The Bertz CT molecular complexity index is 143. The zero-order valence-electron chi connectivity index (χ0n) is 9.55. The Hall–Kier alpha value is -0.370. The Morgan fingerprint density at radius 2 is 1.79 bits per heavy atom. The van der Waals surface area contributed by atoms with Crippen LogP contribution in [0.3, 0.4) is 0 Å². The molecule has 0 N–H and O–H groups in total. The van der Waals surface area contributed by atoms with E-state index in [4.69, 9.17) is 0 Å². The minimum Gasteiger partial charge on any atom is -0.299 e. The number of carbonyl (C=O) groups excluding carboxylic acids is 1. The molecule has 0 aromatic heterocycles. The standard InChI is InChI=1S/C12H23O2/c1-3-8-11(2)12(14)9-6-4-5-7-10-13/h11H,3-10H2,1-2H3. The third-order valence-corrected chi connectivity index (χ3v) is 2.59. The molecule has 1 radical (unpaired) electrons. The van der Waals surface area contributed by atoms with E-state index in [2.05, 4.69) is 6.92 Å². The van der Waals surface area contributed by atoms with Gasteiger partial charge in [-0.05, 0) is 19.3 Å². The third-order valence-electron chi connectivity index (χ3n) is 2.59. The highest BCUT2D eigenvalue weighted by molar-refractivity contribution is 5.80. The minimum absolute atomic E-state index is 0.0280. The van der Waals surface area contributed by atoms with Gasteiger partial charge >= 0.3 is 0 Å². The van der Waals surface area contributed by atoms with Gasteiger partial charge in [-0.3, -0.25) is 4.79 Å². The highest BCUT2D eigenvalue weighted by Crippen LogP contribution is 2.12. The summed E-state index contributed by atoms with van der Waals surface area (Å²) in [6.07, 6.45) is 6.56. The van der Waals surface area contributed by atoms with Crippen LogP contribution in [0.4, 0.5) is 0 Å². The molecule has 83 valence electrons. The second-order valence-corrected chi connectivity index (χ2v) is 4.02. The zero-order chi connectivity index (χ0) is 10.8. The van der Waals surface area contributed by atoms with Crippen molar-refractivity contribution in [3.8, 4) is 0 Å². The SMILES string of the molecule is CCCC(C)C(=O)CCCCCC[O]. The molecule has 0 aromatic carbocycles. The fourth-order valence-electron chi connectivity index (χ4n) is 1.60. The molecule has 0 bridgehead atoms. The van der Waals surface area contributed by atoms with Gasteiger partial charge < -0.3 is 0 Å². The Morgan fingerprint density at radius 3 is 2.36 bits per heavy atom. The van der Waals surface area contributed by atoms with Crippen LogP contribution in [-0.2, 0) is 9.90 Å². The normalized spacial score (nSPS) is 12.8. The smallest absolute Gasteiger partial charge is 0.135 e. The van der Waals surface area contributed by atoms with Gasteiger partial charge in [0.15, 0.2) is 0 Å². The quantitative estimate of drug-likeness (QED) is 0.524. The third kappa shape index (κ3) is 7.07. The summed E-state index contributed by atoms with van der Waals surface area (Å²) in [4.78, 5) is 11.5. The molecule has 2 heteroatoms. The maximum absolute atomic E-state index is 11.5. The van der Waals surface area contributed by atoms with E-state index in [1.807, 2.05) is 6.92 Å². The summed E-state index contributed by atoms with van der Waals surface area (Å²) in [5, 5.41) is 10.2. The molecule has 0 aromatic rings. The summed E-state index contributed by atoms with van der Waals surface area (Å²) in [5.74, 6) is 0.633. The van der Waals surface area contributed by atoms with Crippen LogP contribution < -0.4 is 0 Å². The lowest BCUT2D eigenvalue weighted by Gasteiger charge is -2.08. The maximum Gasteiger partial charge on any atom is 0.135 e. The van der Waals surface area contributed by atoms with Gasteiger partial charge in [0, 0.05) is 12.3 Å². The molecule has 0 rings (SSSR count). The number of hydrogen-bond acceptors (Lipinski definition) is 1. The highest BCUT2D eigenvalue weighted by Gasteiger charge is 2.10. The van der Waals surface area contributed by atoms with Crippen LogP contribution in [0.2, 0.25) is 0 Å². The van der Waals surface area contributed by atoms with Crippen molar-refractivity contribution in [3.05, 3.63) is 0 Å². The Balaban J connectivity index is 3.34. The monoisotopic (exact) mass is 199 g/mol. The average Bonchev–Trinajstić information content (AvgIpc) is 2.17. The van der Waals surface area contributed by atoms with E-state index in [1.165, 1.54) is 0 Å². The van der Waals surface area contributed by atoms with Crippen molar-refractivity contribution in [2.24, 2.45) is 5.92 Å². The summed E-state index contributed by atoms with van der Waals surface area (Å²) in [6, 6.07) is 0. The lowest BCUT2D eigenvalue weighted by Crippen LogP contribution is -2.10. The van der Waals surface area contributed by atoms with Crippen molar-refractivity contribution >= 4 is 5.78 Å². The first kappa shape index (κ1) is 13.6. The largest absolute Gasteiger partial charge is 0.299 e. The van der Waals surface area contributed by atoms with Crippen molar-refractivity contribution in [1.29, 1.82) is 0 Å². The molecule has 0 saturated heterocycles. The first-order chi connectivity index (χ1) is 6.72. The van der Waals surface area contributed by atoms with Gasteiger partial charge in [0.1, 0.15) is 5.78 Å². The van der Waals surface area contributed by atoms with Crippen LogP contribution in [0.5, 0.6) is 0 Å². The predicted octanol–water partition coefficient (Wildman–Crippen LogP) is 3.37. The molecule has 0 amide bonds. The first-order valence-corrected chi connectivity index (χ1v) is 5.83. The number of carbonyl (C=O) groups is 1. The summed E-state index contributed by atoms with van der Waals surface area (Å²) in [6.45, 7) is 4.15. The first-order valence-electron chi connectivity index (χ1n) is 5.83. The molecule has 0 aliphatic carbocycles. The van der Waals surface area contributed by atoms with Crippen molar-refractivity contribution in [3.63, 3.8) is 0 Å². The summed E-state index contributed by atoms with van der Waals surface area (Å²) in [7, 11) is 0. The van der Waals surface area contributed by atoms with Crippen molar-refractivity contribution in [2.75, 3.05) is 6.61 Å². The van der Waals surface area contributed by atoms with Gasteiger partial charge in [-0.2, -0.15) is 0 Å². The number of hydrogen-bond donors (Lipinski definition) is 0. The molecular weight excluding hydrogens is 176 g/mol. The van der Waals surface area contributed by atoms with Gasteiger partial charge in [-0.25, -0.2) is 5.11 Å². The number of unbranched alkanes of at least 4 members (excludes halogenated alkanes) is 3. The van der Waals surface area contributed by atoms with Gasteiger partial charge in [-0.15, -0.1) is 0 Å². The van der Waals surface area contributed by atoms with Crippen LogP contribution in [0.1, 0.15) is 58.8 Å². The van der Waals surface area contributed by atoms with E-state index >= 15 is 0 Å². The van der Waals surface area contributed by atoms with Crippen LogP contribution in [-0.4, -0.2) is 12.4 Å². The molecule has 0 heterocycles. The molecule has 14 heavy (non-hydrogen) atoms. The number of rotatable bonds is 9. The molecule has 0 saturated carbocycles. The van der Waals surface area contributed by atoms with E-state index in [-0.39, 0.29) is 12.5 Å².